The number of amides is 2. The zero-order valence-electron chi connectivity index (χ0n) is 15.8. The third kappa shape index (κ3) is 5.04. The molecule has 146 valence electrons. The Balaban J connectivity index is 1.59. The molecule has 0 bridgehead atoms. The Morgan fingerprint density at radius 1 is 1.00 bits per heavy atom. The number of Topliss-reactive ketones (excluding diaryl/α,β-unsaturated/α-hetero) is 1. The average Bonchev–Trinajstić information content (AvgIpc) is 3.17. The lowest BCUT2D eigenvalue weighted by Gasteiger charge is -2.23. The lowest BCUT2D eigenvalue weighted by molar-refractivity contribution is -0.122. The number of para-hydroxylation sites is 1. The normalized spacial score (nSPS) is 16.6. The summed E-state index contributed by atoms with van der Waals surface area (Å²) in [4.78, 5) is 38.2. The summed E-state index contributed by atoms with van der Waals surface area (Å²) in [5.74, 6) is -0.562. The number of rotatable bonds is 8. The van der Waals surface area contributed by atoms with E-state index < -0.39 is 0 Å². The first-order valence-electron chi connectivity index (χ1n) is 9.54. The van der Waals surface area contributed by atoms with Crippen LogP contribution in [0.3, 0.4) is 0 Å². The summed E-state index contributed by atoms with van der Waals surface area (Å²) < 4.78 is 0. The smallest absolute Gasteiger partial charge is 0.234 e. The predicted octanol–water partition coefficient (Wildman–Crippen LogP) is 2.74. The van der Waals surface area contributed by atoms with Crippen LogP contribution in [0.5, 0.6) is 0 Å². The fraction of sp³-hybridized carbons (Fsp3) is 0.318. The molecule has 2 aromatic carbocycles. The average molecular weight is 379 g/mol. The van der Waals surface area contributed by atoms with Gasteiger partial charge in [0, 0.05) is 30.6 Å². The van der Waals surface area contributed by atoms with Gasteiger partial charge >= 0.3 is 0 Å². The zero-order valence-corrected chi connectivity index (χ0v) is 15.8. The lowest BCUT2D eigenvalue weighted by atomic mass is 10.1. The molecule has 0 unspecified atom stereocenters. The first-order valence-corrected chi connectivity index (χ1v) is 9.54. The van der Waals surface area contributed by atoms with E-state index >= 15 is 0 Å². The summed E-state index contributed by atoms with van der Waals surface area (Å²) in [5, 5.41) is 2.90. The van der Waals surface area contributed by atoms with Crippen molar-refractivity contribution in [3.63, 3.8) is 0 Å². The van der Waals surface area contributed by atoms with E-state index in [2.05, 4.69) is 5.32 Å². The molecule has 6 nitrogen and oxygen atoms in total. The molecular weight excluding hydrogens is 354 g/mol. The van der Waals surface area contributed by atoms with Crippen molar-refractivity contribution >= 4 is 23.3 Å². The van der Waals surface area contributed by atoms with Gasteiger partial charge in [-0.25, -0.2) is 0 Å². The number of nitrogens with zero attached hydrogens (tertiary/aromatic N) is 1. The topological polar surface area (TPSA) is 92.5 Å². The highest BCUT2D eigenvalue weighted by Gasteiger charge is 2.29. The number of carbonyl (C=O) groups is 3. The molecule has 2 amide bonds. The van der Waals surface area contributed by atoms with E-state index in [9.17, 15) is 14.4 Å². The SMILES string of the molecule is NC(=O)[C@H]1CCCN1Cc1ccccc1NC(=O)CCC(=O)c1ccccc1. The van der Waals surface area contributed by atoms with E-state index in [0.29, 0.717) is 17.8 Å². The Kier molecular flexibility index (Phi) is 6.55. The van der Waals surface area contributed by atoms with Crippen molar-refractivity contribution in [3.05, 3.63) is 65.7 Å². The van der Waals surface area contributed by atoms with Gasteiger partial charge in [-0.15, -0.1) is 0 Å². The lowest BCUT2D eigenvalue weighted by Crippen LogP contribution is -2.39. The number of hydrogen-bond donors (Lipinski definition) is 2. The fourth-order valence-corrected chi connectivity index (χ4v) is 3.54. The van der Waals surface area contributed by atoms with Crippen LogP contribution < -0.4 is 11.1 Å². The van der Waals surface area contributed by atoms with Gasteiger partial charge in [-0.3, -0.25) is 19.3 Å². The number of anilines is 1. The highest BCUT2D eigenvalue weighted by Crippen LogP contribution is 2.24. The molecule has 1 aliphatic rings. The van der Waals surface area contributed by atoms with Crippen molar-refractivity contribution in [2.24, 2.45) is 5.73 Å². The Bertz CT molecular complexity index is 851. The number of benzene rings is 2. The molecule has 1 heterocycles. The van der Waals surface area contributed by atoms with Gasteiger partial charge in [0.05, 0.1) is 6.04 Å². The van der Waals surface area contributed by atoms with Crippen molar-refractivity contribution in [2.45, 2.75) is 38.3 Å². The fourth-order valence-electron chi connectivity index (χ4n) is 3.54. The van der Waals surface area contributed by atoms with Gasteiger partial charge in [-0.1, -0.05) is 48.5 Å². The summed E-state index contributed by atoms with van der Waals surface area (Å²) in [5.41, 5.74) is 7.74. The van der Waals surface area contributed by atoms with Crippen LogP contribution in [0, 0.1) is 0 Å². The third-order valence-corrected chi connectivity index (χ3v) is 5.03. The summed E-state index contributed by atoms with van der Waals surface area (Å²) in [6.45, 7) is 1.36. The molecule has 0 saturated carbocycles. The maximum absolute atomic E-state index is 12.4. The van der Waals surface area contributed by atoms with Gasteiger partial charge in [-0.05, 0) is 31.0 Å². The summed E-state index contributed by atoms with van der Waals surface area (Å²) in [6.07, 6.45) is 1.98. The van der Waals surface area contributed by atoms with Crippen LogP contribution in [0.2, 0.25) is 0 Å². The number of ketones is 1. The minimum atomic E-state index is -0.307. The van der Waals surface area contributed by atoms with Crippen LogP contribution in [-0.2, 0) is 16.1 Å². The molecule has 6 heteroatoms. The highest BCUT2D eigenvalue weighted by molar-refractivity contribution is 6.00. The van der Waals surface area contributed by atoms with Crippen LogP contribution >= 0.6 is 0 Å². The van der Waals surface area contributed by atoms with Gasteiger partial charge in [0.1, 0.15) is 0 Å². The monoisotopic (exact) mass is 379 g/mol. The standard InChI is InChI=1S/C22H25N3O3/c23-22(28)19-11-6-14-25(19)15-17-9-4-5-10-18(17)24-21(27)13-12-20(26)16-7-2-1-3-8-16/h1-5,7-10,19H,6,11-15H2,(H2,23,28)(H,24,27)/t19-/m1/s1. The van der Waals surface area contributed by atoms with Gasteiger partial charge in [0.2, 0.25) is 11.8 Å². The molecule has 3 rings (SSSR count). The second kappa shape index (κ2) is 9.28. The molecule has 1 saturated heterocycles. The second-order valence-electron chi connectivity index (χ2n) is 7.03. The van der Waals surface area contributed by atoms with E-state index in [1.807, 2.05) is 35.2 Å². The van der Waals surface area contributed by atoms with Crippen molar-refractivity contribution in [1.29, 1.82) is 0 Å². The molecule has 2 aromatic rings. The largest absolute Gasteiger partial charge is 0.368 e. The number of nitrogens with one attached hydrogen (secondary N) is 1. The van der Waals surface area contributed by atoms with Gasteiger partial charge < -0.3 is 11.1 Å². The third-order valence-electron chi connectivity index (χ3n) is 5.03. The van der Waals surface area contributed by atoms with Gasteiger partial charge in [0.15, 0.2) is 5.78 Å². The first kappa shape index (κ1) is 19.8. The quantitative estimate of drug-likeness (QED) is 0.690. The number of primary amides is 1. The van der Waals surface area contributed by atoms with Gasteiger partial charge in [0.25, 0.3) is 0 Å². The highest BCUT2D eigenvalue weighted by atomic mass is 16.2. The van der Waals surface area contributed by atoms with E-state index in [0.717, 1.165) is 24.9 Å². The number of nitrogens with two attached hydrogens (primary N) is 1. The Morgan fingerprint density at radius 2 is 1.71 bits per heavy atom. The van der Waals surface area contributed by atoms with Crippen LogP contribution in [0.1, 0.15) is 41.6 Å². The zero-order chi connectivity index (χ0) is 19.9. The van der Waals surface area contributed by atoms with Gasteiger partial charge in [-0.2, -0.15) is 0 Å². The van der Waals surface area contributed by atoms with Crippen LogP contribution in [0.4, 0.5) is 5.69 Å². The first-order chi connectivity index (χ1) is 13.5. The summed E-state index contributed by atoms with van der Waals surface area (Å²) in [6, 6.07) is 16.2. The number of carbonyl (C=O) groups excluding carboxylic acids is 3. The molecule has 0 radical (unpaired) electrons. The predicted molar refractivity (Wildman–Crippen MR) is 108 cm³/mol. The maximum Gasteiger partial charge on any atom is 0.234 e. The second-order valence-corrected chi connectivity index (χ2v) is 7.03. The molecule has 3 N–H and O–H groups in total. The Morgan fingerprint density at radius 3 is 2.46 bits per heavy atom. The molecule has 0 aliphatic carbocycles. The molecular formula is C22H25N3O3. The van der Waals surface area contributed by atoms with Crippen molar-refractivity contribution in [3.8, 4) is 0 Å². The molecule has 0 aromatic heterocycles. The maximum atomic E-state index is 12.4. The molecule has 1 fully saturated rings. The van der Waals surface area contributed by atoms with E-state index in [4.69, 9.17) is 5.73 Å². The summed E-state index contributed by atoms with van der Waals surface area (Å²) >= 11 is 0. The van der Waals surface area contributed by atoms with Crippen LogP contribution in [0.25, 0.3) is 0 Å². The number of hydrogen-bond acceptors (Lipinski definition) is 4. The minimum absolute atomic E-state index is 0.0506. The van der Waals surface area contributed by atoms with Crippen molar-refractivity contribution < 1.29 is 14.4 Å². The Hall–Kier alpha value is -2.99. The van der Waals surface area contributed by atoms with E-state index in [-0.39, 0.29) is 36.5 Å². The Labute approximate surface area is 164 Å². The van der Waals surface area contributed by atoms with Crippen molar-refractivity contribution in [1.82, 2.24) is 4.90 Å². The number of likely N-dealkylation sites (tertiary alicyclic amines) is 1. The summed E-state index contributed by atoms with van der Waals surface area (Å²) in [7, 11) is 0. The minimum Gasteiger partial charge on any atom is -0.368 e. The molecule has 1 atom stereocenters. The van der Waals surface area contributed by atoms with Crippen molar-refractivity contribution in [2.75, 3.05) is 11.9 Å². The van der Waals surface area contributed by atoms with Crippen LogP contribution in [0.15, 0.2) is 54.6 Å². The molecule has 1 aliphatic heterocycles. The molecule has 28 heavy (non-hydrogen) atoms. The molecule has 0 spiro atoms. The van der Waals surface area contributed by atoms with E-state index in [1.165, 1.54) is 0 Å². The van der Waals surface area contributed by atoms with Crippen LogP contribution in [-0.4, -0.2) is 35.1 Å². The van der Waals surface area contributed by atoms with E-state index in [1.54, 1.807) is 24.3 Å².